The molecule has 0 radical (unpaired) electrons. The van der Waals surface area contributed by atoms with E-state index in [1.54, 1.807) is 25.1 Å². The number of hydrogen-bond donors (Lipinski definition) is 1. The lowest BCUT2D eigenvalue weighted by atomic mass is 10.0. The normalized spacial score (nSPS) is 12.4. The molecule has 0 aliphatic heterocycles. The van der Waals surface area contributed by atoms with Crippen molar-refractivity contribution >= 4 is 22.7 Å². The first-order valence-corrected chi connectivity index (χ1v) is 12.4. The van der Waals surface area contributed by atoms with Gasteiger partial charge in [-0.3, -0.25) is 14.0 Å². The summed E-state index contributed by atoms with van der Waals surface area (Å²) in [7, 11) is 0. The number of aromatic nitrogens is 4. The Morgan fingerprint density at radius 1 is 1.03 bits per heavy atom. The van der Waals surface area contributed by atoms with E-state index < -0.39 is 6.04 Å². The van der Waals surface area contributed by atoms with Crippen LogP contribution < -0.4 is 10.7 Å². The molecule has 1 N–H and O–H groups in total. The van der Waals surface area contributed by atoms with Crippen molar-refractivity contribution in [3.05, 3.63) is 93.2 Å². The zero-order valence-electron chi connectivity index (χ0n) is 21.6. The Morgan fingerprint density at radius 3 is 2.51 bits per heavy atom. The van der Waals surface area contributed by atoms with E-state index >= 15 is 0 Å². The lowest BCUT2D eigenvalue weighted by Gasteiger charge is -2.20. The van der Waals surface area contributed by atoms with Gasteiger partial charge in [-0.15, -0.1) is 10.2 Å². The quantitative estimate of drug-likeness (QED) is 0.341. The van der Waals surface area contributed by atoms with Gasteiger partial charge in [-0.2, -0.15) is 0 Å². The van der Waals surface area contributed by atoms with E-state index in [9.17, 15) is 9.59 Å². The first-order chi connectivity index (χ1) is 17.7. The summed E-state index contributed by atoms with van der Waals surface area (Å²) in [6, 6.07) is 16.0. The van der Waals surface area contributed by atoms with E-state index in [4.69, 9.17) is 4.42 Å². The Bertz CT molecular complexity index is 1690. The number of carbonyl (C=O) groups excluding carboxylic acids is 1. The second kappa shape index (κ2) is 9.61. The molecule has 8 heteroatoms. The highest BCUT2D eigenvalue weighted by Crippen LogP contribution is 2.28. The Balaban J connectivity index is 1.60. The van der Waals surface area contributed by atoms with Crippen LogP contribution in [0, 0.1) is 26.7 Å². The lowest BCUT2D eigenvalue weighted by Crippen LogP contribution is -2.31. The highest BCUT2D eigenvalue weighted by Gasteiger charge is 2.25. The van der Waals surface area contributed by atoms with Crippen LogP contribution in [0.15, 0.2) is 63.8 Å². The third-order valence-corrected chi connectivity index (χ3v) is 6.47. The van der Waals surface area contributed by atoms with E-state index in [0.717, 1.165) is 17.0 Å². The van der Waals surface area contributed by atoms with Crippen LogP contribution in [0.3, 0.4) is 0 Å². The molecular weight excluding hydrogens is 466 g/mol. The minimum Gasteiger partial charge on any atom is -0.455 e. The van der Waals surface area contributed by atoms with E-state index in [1.165, 1.54) is 0 Å². The Morgan fingerprint density at radius 2 is 1.78 bits per heavy atom. The molecule has 0 bridgehead atoms. The molecule has 0 saturated heterocycles. The monoisotopic (exact) mass is 495 g/mol. The van der Waals surface area contributed by atoms with E-state index in [0.29, 0.717) is 40.3 Å². The fraction of sp³-hybridized carbons (Fsp3) is 0.276. The molecule has 0 spiro atoms. The predicted octanol–water partition coefficient (Wildman–Crippen LogP) is 5.34. The van der Waals surface area contributed by atoms with Gasteiger partial charge in [0.2, 0.25) is 0 Å². The van der Waals surface area contributed by atoms with Crippen molar-refractivity contribution in [2.75, 3.05) is 0 Å². The van der Waals surface area contributed by atoms with Crippen molar-refractivity contribution in [1.82, 2.24) is 24.9 Å². The molecule has 0 fully saturated rings. The summed E-state index contributed by atoms with van der Waals surface area (Å²) in [6.45, 7) is 9.80. The zero-order valence-corrected chi connectivity index (χ0v) is 21.6. The summed E-state index contributed by atoms with van der Waals surface area (Å²) in [5.74, 6) is 1.49. The summed E-state index contributed by atoms with van der Waals surface area (Å²) >= 11 is 0. The third-order valence-electron chi connectivity index (χ3n) is 6.47. The van der Waals surface area contributed by atoms with Crippen LogP contribution in [0.4, 0.5) is 0 Å². The lowest BCUT2D eigenvalue weighted by molar-refractivity contribution is 0.0930. The summed E-state index contributed by atoms with van der Waals surface area (Å²) in [5.41, 5.74) is 3.46. The van der Waals surface area contributed by atoms with Gasteiger partial charge in [0.15, 0.2) is 16.8 Å². The van der Waals surface area contributed by atoms with Crippen LogP contribution in [0.25, 0.3) is 28.1 Å². The molecule has 0 aliphatic rings. The van der Waals surface area contributed by atoms with Crippen LogP contribution in [0.1, 0.15) is 59.4 Å². The van der Waals surface area contributed by atoms with Crippen LogP contribution in [0.2, 0.25) is 0 Å². The van der Waals surface area contributed by atoms with Crippen molar-refractivity contribution in [1.29, 1.82) is 0 Å². The van der Waals surface area contributed by atoms with Crippen LogP contribution in [-0.4, -0.2) is 25.5 Å². The third kappa shape index (κ3) is 4.50. The number of fused-ring (bicyclic) bond motifs is 2. The average molecular weight is 496 g/mol. The Labute approximate surface area is 214 Å². The molecule has 2 aromatic carbocycles. The van der Waals surface area contributed by atoms with Gasteiger partial charge in [0.05, 0.1) is 17.0 Å². The number of nitrogens with one attached hydrogen (secondary N) is 1. The molecule has 188 valence electrons. The van der Waals surface area contributed by atoms with E-state index in [-0.39, 0.29) is 22.8 Å². The maximum atomic E-state index is 13.7. The maximum Gasteiger partial charge on any atom is 0.255 e. The number of carbonyl (C=O) groups is 1. The van der Waals surface area contributed by atoms with Crippen molar-refractivity contribution < 1.29 is 9.21 Å². The summed E-state index contributed by atoms with van der Waals surface area (Å²) in [5, 5.41) is 12.2. The molecule has 1 unspecified atom stereocenters. The molecule has 3 heterocycles. The van der Waals surface area contributed by atoms with E-state index in [2.05, 4.69) is 34.3 Å². The number of aryl methyl sites for hydroxylation is 2. The Hall–Kier alpha value is -4.33. The SMILES string of the molecule is Cc1cc(C)n2c(C(CC(C)C)NC(=O)c3cccc4c(=O)c(C)c(-c5ccccc5)oc34)nnc2n1. The van der Waals surface area contributed by atoms with Crippen molar-refractivity contribution in [3.63, 3.8) is 0 Å². The smallest absolute Gasteiger partial charge is 0.255 e. The van der Waals surface area contributed by atoms with Crippen LogP contribution >= 0.6 is 0 Å². The summed E-state index contributed by atoms with van der Waals surface area (Å²) in [4.78, 5) is 31.4. The zero-order chi connectivity index (χ0) is 26.3. The van der Waals surface area contributed by atoms with Gasteiger partial charge in [-0.05, 0) is 51.3 Å². The first kappa shape index (κ1) is 24.4. The molecule has 5 rings (SSSR count). The number of para-hydroxylation sites is 1. The highest BCUT2D eigenvalue weighted by molar-refractivity contribution is 6.05. The second-order valence-electron chi connectivity index (χ2n) is 9.82. The molecule has 3 aromatic heterocycles. The van der Waals surface area contributed by atoms with Crippen LogP contribution in [0.5, 0.6) is 0 Å². The van der Waals surface area contributed by atoms with Gasteiger partial charge in [-0.1, -0.05) is 50.2 Å². The molecular formula is C29H29N5O3. The Kier molecular flexibility index (Phi) is 6.33. The predicted molar refractivity (Wildman–Crippen MR) is 143 cm³/mol. The number of amides is 1. The largest absolute Gasteiger partial charge is 0.455 e. The summed E-state index contributed by atoms with van der Waals surface area (Å²) in [6.07, 6.45) is 0.642. The van der Waals surface area contributed by atoms with Gasteiger partial charge < -0.3 is 9.73 Å². The van der Waals surface area contributed by atoms with Gasteiger partial charge >= 0.3 is 0 Å². The van der Waals surface area contributed by atoms with Crippen molar-refractivity contribution in [2.45, 2.75) is 47.1 Å². The fourth-order valence-corrected chi connectivity index (χ4v) is 4.77. The van der Waals surface area contributed by atoms with Crippen molar-refractivity contribution in [2.24, 2.45) is 5.92 Å². The number of benzene rings is 2. The molecule has 8 nitrogen and oxygen atoms in total. The van der Waals surface area contributed by atoms with Gasteiger partial charge in [0, 0.05) is 22.5 Å². The molecule has 0 aliphatic carbocycles. The molecule has 1 atom stereocenters. The van der Waals surface area contributed by atoms with Gasteiger partial charge in [0.1, 0.15) is 5.76 Å². The minimum atomic E-state index is -0.424. The number of rotatable bonds is 6. The average Bonchev–Trinajstić information content (AvgIpc) is 3.30. The molecule has 0 saturated carbocycles. The summed E-state index contributed by atoms with van der Waals surface area (Å²) < 4.78 is 8.14. The minimum absolute atomic E-state index is 0.158. The highest BCUT2D eigenvalue weighted by atomic mass is 16.3. The van der Waals surface area contributed by atoms with Crippen LogP contribution in [-0.2, 0) is 0 Å². The molecule has 5 aromatic rings. The molecule has 1 amide bonds. The van der Waals surface area contributed by atoms with Gasteiger partial charge in [-0.25, -0.2) is 4.98 Å². The maximum absolute atomic E-state index is 13.7. The number of nitrogens with zero attached hydrogens (tertiary/aromatic N) is 4. The van der Waals surface area contributed by atoms with Crippen molar-refractivity contribution in [3.8, 4) is 11.3 Å². The second-order valence-corrected chi connectivity index (χ2v) is 9.82. The first-order valence-electron chi connectivity index (χ1n) is 12.4. The molecule has 37 heavy (non-hydrogen) atoms. The standard InChI is InChI=1S/C29H29N5O3/c1-16(2)14-23(27-32-33-29-30-17(3)15-18(4)34(27)29)31-28(36)22-13-9-12-21-24(35)19(5)25(37-26(21)22)20-10-7-6-8-11-20/h6-13,15-16,23H,14H2,1-5H3,(H,31,36). The topological polar surface area (TPSA) is 102 Å². The van der Waals surface area contributed by atoms with E-state index in [1.807, 2.05) is 54.6 Å². The fourth-order valence-electron chi connectivity index (χ4n) is 4.77. The van der Waals surface area contributed by atoms with Gasteiger partial charge in [0.25, 0.3) is 11.7 Å². The number of hydrogen-bond acceptors (Lipinski definition) is 6.